The number of aromatic nitrogens is 2. The lowest BCUT2D eigenvalue weighted by Crippen LogP contribution is -1.93. The molecule has 0 aliphatic heterocycles. The molecule has 98 valence electrons. The van der Waals surface area contributed by atoms with Crippen molar-refractivity contribution in [2.24, 2.45) is 0 Å². The summed E-state index contributed by atoms with van der Waals surface area (Å²) in [5, 5.41) is 9.29. The number of rotatable bonds is 2. The first-order valence-corrected chi connectivity index (χ1v) is 7.72. The average molecular weight is 297 g/mol. The van der Waals surface area contributed by atoms with E-state index in [9.17, 15) is 5.26 Å². The van der Waals surface area contributed by atoms with Crippen molar-refractivity contribution in [1.29, 1.82) is 5.26 Å². The summed E-state index contributed by atoms with van der Waals surface area (Å²) in [6.07, 6.45) is 0. The molecule has 3 rings (SSSR count). The van der Waals surface area contributed by atoms with E-state index in [0.29, 0.717) is 5.56 Å². The predicted molar refractivity (Wildman–Crippen MR) is 82.2 cm³/mol. The number of hydrogen-bond donors (Lipinski definition) is 0. The van der Waals surface area contributed by atoms with Crippen molar-refractivity contribution in [3.05, 3.63) is 47.3 Å². The van der Waals surface area contributed by atoms with Gasteiger partial charge in [0.25, 0.3) is 0 Å². The molecule has 20 heavy (non-hydrogen) atoms. The van der Waals surface area contributed by atoms with E-state index in [1.165, 1.54) is 11.8 Å². The number of benzene rings is 1. The summed E-state index contributed by atoms with van der Waals surface area (Å²) in [4.78, 5) is 9.86. The van der Waals surface area contributed by atoms with E-state index >= 15 is 0 Å². The van der Waals surface area contributed by atoms with Crippen LogP contribution < -0.4 is 0 Å². The van der Waals surface area contributed by atoms with E-state index in [2.05, 4.69) is 22.1 Å². The second kappa shape index (κ2) is 5.23. The molecule has 5 heteroatoms. The Bertz CT molecular complexity index is 798. The molecule has 3 aromatic rings. The highest BCUT2D eigenvalue weighted by Gasteiger charge is 2.12. The van der Waals surface area contributed by atoms with Crippen LogP contribution in [0.2, 0.25) is 0 Å². The second-order valence-corrected chi connectivity index (χ2v) is 6.70. The van der Waals surface area contributed by atoms with Gasteiger partial charge in [0.15, 0.2) is 4.34 Å². The third kappa shape index (κ3) is 2.40. The van der Waals surface area contributed by atoms with Crippen LogP contribution in [0.4, 0.5) is 0 Å². The highest BCUT2D eigenvalue weighted by atomic mass is 32.2. The van der Waals surface area contributed by atoms with E-state index < -0.39 is 0 Å². The summed E-state index contributed by atoms with van der Waals surface area (Å²) in [6, 6.07) is 12.2. The summed E-state index contributed by atoms with van der Waals surface area (Å²) in [6.45, 7) is 3.81. The first-order valence-electron chi connectivity index (χ1n) is 6.09. The third-order valence-corrected chi connectivity index (χ3v) is 5.01. The van der Waals surface area contributed by atoms with Crippen LogP contribution in [0.15, 0.2) is 39.6 Å². The fraction of sp³-hybridized carbons (Fsp3) is 0.133. The van der Waals surface area contributed by atoms with E-state index in [-0.39, 0.29) is 0 Å². The maximum Gasteiger partial charge on any atom is 0.155 e. The Morgan fingerprint density at radius 1 is 1.20 bits per heavy atom. The normalized spacial score (nSPS) is 10.7. The fourth-order valence-electron chi connectivity index (χ4n) is 2.00. The number of hydrogen-bond acceptors (Lipinski definition) is 5. The van der Waals surface area contributed by atoms with Crippen molar-refractivity contribution in [2.75, 3.05) is 0 Å². The van der Waals surface area contributed by atoms with Crippen molar-refractivity contribution in [2.45, 2.75) is 23.1 Å². The maximum absolute atomic E-state index is 9.29. The standard InChI is InChI=1S/C15H11N3S2/c1-9-7-14(11(8-16)10(2)17-9)20-15-18-12-5-3-4-6-13(12)19-15/h3-7H,1-2H3. The minimum absolute atomic E-state index is 0.639. The van der Waals surface area contributed by atoms with Crippen molar-refractivity contribution < 1.29 is 0 Å². The van der Waals surface area contributed by atoms with Crippen molar-refractivity contribution in [3.63, 3.8) is 0 Å². The molecule has 0 atom stereocenters. The highest BCUT2D eigenvalue weighted by molar-refractivity contribution is 8.01. The van der Waals surface area contributed by atoms with Gasteiger partial charge < -0.3 is 0 Å². The molecule has 2 heterocycles. The summed E-state index contributed by atoms with van der Waals surface area (Å²) < 4.78 is 2.11. The van der Waals surface area contributed by atoms with Crippen LogP contribution in [0.5, 0.6) is 0 Å². The van der Waals surface area contributed by atoms with Gasteiger partial charge in [-0.05, 0) is 32.0 Å². The van der Waals surface area contributed by atoms with Gasteiger partial charge in [0, 0.05) is 10.6 Å². The molecular formula is C15H11N3S2. The Morgan fingerprint density at radius 3 is 2.75 bits per heavy atom. The van der Waals surface area contributed by atoms with Gasteiger partial charge in [0.2, 0.25) is 0 Å². The number of para-hydroxylation sites is 1. The molecule has 1 aromatic carbocycles. The molecule has 0 N–H and O–H groups in total. The van der Waals surface area contributed by atoms with Gasteiger partial charge in [0.1, 0.15) is 6.07 Å². The Morgan fingerprint density at radius 2 is 2.00 bits per heavy atom. The summed E-state index contributed by atoms with van der Waals surface area (Å²) in [5.41, 5.74) is 3.34. The first-order chi connectivity index (χ1) is 9.67. The van der Waals surface area contributed by atoms with Crippen LogP contribution in [0, 0.1) is 25.2 Å². The largest absolute Gasteiger partial charge is 0.257 e. The quantitative estimate of drug-likeness (QED) is 0.706. The summed E-state index contributed by atoms with van der Waals surface area (Å²) in [7, 11) is 0. The van der Waals surface area contributed by atoms with Gasteiger partial charge in [-0.15, -0.1) is 11.3 Å². The van der Waals surface area contributed by atoms with Crippen LogP contribution >= 0.6 is 23.1 Å². The average Bonchev–Trinajstić information content (AvgIpc) is 2.80. The van der Waals surface area contributed by atoms with Gasteiger partial charge in [-0.1, -0.05) is 23.9 Å². The van der Waals surface area contributed by atoms with E-state index in [4.69, 9.17) is 0 Å². The van der Waals surface area contributed by atoms with E-state index in [1.54, 1.807) is 11.3 Å². The molecule has 0 amide bonds. The van der Waals surface area contributed by atoms with Crippen molar-refractivity contribution >= 4 is 33.3 Å². The topological polar surface area (TPSA) is 49.6 Å². The fourth-order valence-corrected chi connectivity index (χ4v) is 4.26. The molecule has 0 unspecified atom stereocenters. The molecule has 0 radical (unpaired) electrons. The Kier molecular flexibility index (Phi) is 3.43. The van der Waals surface area contributed by atoms with Crippen molar-refractivity contribution in [3.8, 4) is 6.07 Å². The van der Waals surface area contributed by atoms with Crippen LogP contribution in [-0.2, 0) is 0 Å². The molecule has 0 spiro atoms. The maximum atomic E-state index is 9.29. The number of fused-ring (bicyclic) bond motifs is 1. The Balaban J connectivity index is 2.05. The van der Waals surface area contributed by atoms with Crippen molar-refractivity contribution in [1.82, 2.24) is 9.97 Å². The SMILES string of the molecule is Cc1cc(Sc2nc3ccccc3s2)c(C#N)c(C)n1. The monoisotopic (exact) mass is 297 g/mol. The molecule has 0 saturated carbocycles. The van der Waals surface area contributed by atoms with Crippen LogP contribution in [0.25, 0.3) is 10.2 Å². The Labute approximate surface area is 125 Å². The molecule has 2 aromatic heterocycles. The van der Waals surface area contributed by atoms with Gasteiger partial charge >= 0.3 is 0 Å². The summed E-state index contributed by atoms with van der Waals surface area (Å²) in [5.74, 6) is 0. The molecule has 0 bridgehead atoms. The highest BCUT2D eigenvalue weighted by Crippen LogP contribution is 2.36. The number of nitrogens with zero attached hydrogens (tertiary/aromatic N) is 3. The number of thiazole rings is 1. The van der Waals surface area contributed by atoms with Gasteiger partial charge in [-0.25, -0.2) is 4.98 Å². The zero-order chi connectivity index (χ0) is 14.1. The lowest BCUT2D eigenvalue weighted by atomic mass is 10.2. The second-order valence-electron chi connectivity index (χ2n) is 4.38. The number of pyridine rings is 1. The van der Waals surface area contributed by atoms with Crippen LogP contribution in [-0.4, -0.2) is 9.97 Å². The zero-order valence-electron chi connectivity index (χ0n) is 11.0. The van der Waals surface area contributed by atoms with Gasteiger partial charge in [-0.3, -0.25) is 4.98 Å². The smallest absolute Gasteiger partial charge is 0.155 e. The zero-order valence-corrected chi connectivity index (χ0v) is 12.7. The Hall–Kier alpha value is -1.90. The third-order valence-electron chi connectivity index (χ3n) is 2.88. The molecule has 0 aliphatic carbocycles. The molecular weight excluding hydrogens is 286 g/mol. The van der Waals surface area contributed by atoms with Crippen LogP contribution in [0.3, 0.4) is 0 Å². The van der Waals surface area contributed by atoms with E-state index in [0.717, 1.165) is 30.8 Å². The lowest BCUT2D eigenvalue weighted by Gasteiger charge is -2.05. The summed E-state index contributed by atoms with van der Waals surface area (Å²) >= 11 is 3.18. The predicted octanol–water partition coefficient (Wildman–Crippen LogP) is 4.33. The molecule has 0 fully saturated rings. The van der Waals surface area contributed by atoms with E-state index in [1.807, 2.05) is 38.1 Å². The molecule has 3 nitrogen and oxygen atoms in total. The first kappa shape index (κ1) is 13.1. The van der Waals surface area contributed by atoms with Gasteiger partial charge in [-0.2, -0.15) is 5.26 Å². The minimum Gasteiger partial charge on any atom is -0.257 e. The van der Waals surface area contributed by atoms with Gasteiger partial charge in [0.05, 0.1) is 21.5 Å². The lowest BCUT2D eigenvalue weighted by molar-refractivity contribution is 1.07. The number of aryl methyl sites for hydroxylation is 2. The molecule has 0 aliphatic rings. The number of nitriles is 1. The molecule has 0 saturated heterocycles. The van der Waals surface area contributed by atoms with Crippen LogP contribution in [0.1, 0.15) is 17.0 Å². The minimum atomic E-state index is 0.639.